The number of benzene rings is 1. The van der Waals surface area contributed by atoms with Gasteiger partial charge in [0.15, 0.2) is 0 Å². The van der Waals surface area contributed by atoms with Gasteiger partial charge in [0, 0.05) is 18.7 Å². The fourth-order valence-corrected chi connectivity index (χ4v) is 2.11. The fourth-order valence-electron chi connectivity index (χ4n) is 2.11. The number of amides is 1. The smallest absolute Gasteiger partial charge is 0.415 e. The zero-order chi connectivity index (χ0) is 16.4. The van der Waals surface area contributed by atoms with E-state index in [1.807, 2.05) is 19.9 Å². The number of nitrogens with zero attached hydrogens (tertiary/aromatic N) is 1. The van der Waals surface area contributed by atoms with E-state index >= 15 is 0 Å². The number of rotatable bonds is 8. The first-order valence-corrected chi connectivity index (χ1v) is 7.82. The Hall–Kier alpha value is -2.04. The maximum Gasteiger partial charge on any atom is 0.415 e. The second-order valence-corrected chi connectivity index (χ2v) is 4.94. The van der Waals surface area contributed by atoms with Crippen LogP contribution >= 0.6 is 0 Å². The lowest BCUT2D eigenvalue weighted by Crippen LogP contribution is -2.35. The van der Waals surface area contributed by atoms with Gasteiger partial charge in [0.25, 0.3) is 0 Å². The molecule has 22 heavy (non-hydrogen) atoms. The Morgan fingerprint density at radius 1 is 1.05 bits per heavy atom. The molecule has 0 N–H and O–H groups in total. The Balaban J connectivity index is 2.79. The molecule has 0 fully saturated rings. The Labute approximate surface area is 132 Å². The number of carbonyl (C=O) groups excluding carboxylic acids is 2. The van der Waals surface area contributed by atoms with Crippen LogP contribution in [0.1, 0.15) is 39.2 Å². The van der Waals surface area contributed by atoms with E-state index in [4.69, 9.17) is 9.47 Å². The summed E-state index contributed by atoms with van der Waals surface area (Å²) in [7, 11) is 0. The van der Waals surface area contributed by atoms with Crippen molar-refractivity contribution < 1.29 is 19.1 Å². The van der Waals surface area contributed by atoms with Crippen LogP contribution in [-0.2, 0) is 16.0 Å². The normalized spacial score (nSPS) is 10.1. The number of ether oxygens (including phenoxy) is 2. The van der Waals surface area contributed by atoms with Gasteiger partial charge in [0.2, 0.25) is 0 Å². The third kappa shape index (κ3) is 5.76. The highest BCUT2D eigenvalue weighted by Gasteiger charge is 2.17. The Kier molecular flexibility index (Phi) is 8.04. The highest BCUT2D eigenvalue weighted by atomic mass is 16.6. The summed E-state index contributed by atoms with van der Waals surface area (Å²) < 4.78 is 10.4. The lowest BCUT2D eigenvalue weighted by molar-refractivity contribution is -0.142. The number of hydrogen-bond acceptors (Lipinski definition) is 4. The lowest BCUT2D eigenvalue weighted by Gasteiger charge is -2.21. The van der Waals surface area contributed by atoms with Gasteiger partial charge >= 0.3 is 12.1 Å². The summed E-state index contributed by atoms with van der Waals surface area (Å²) in [5.41, 5.74) is 0.655. The number of esters is 1. The summed E-state index contributed by atoms with van der Waals surface area (Å²) >= 11 is 0. The lowest BCUT2D eigenvalue weighted by atomic mass is 10.1. The first-order chi connectivity index (χ1) is 10.6. The molecule has 0 saturated carbocycles. The molecule has 5 heteroatoms. The fraction of sp³-hybridized carbons (Fsp3) is 0.529. The van der Waals surface area contributed by atoms with Gasteiger partial charge < -0.3 is 14.4 Å². The summed E-state index contributed by atoms with van der Waals surface area (Å²) in [6, 6.07) is 7.05. The van der Waals surface area contributed by atoms with Crippen LogP contribution in [0.2, 0.25) is 0 Å². The average Bonchev–Trinajstić information content (AvgIpc) is 2.49. The molecule has 122 valence electrons. The minimum Gasteiger partial charge on any atom is -0.466 e. The van der Waals surface area contributed by atoms with Gasteiger partial charge in [-0.2, -0.15) is 0 Å². The van der Waals surface area contributed by atoms with Crippen LogP contribution in [0, 0.1) is 0 Å². The topological polar surface area (TPSA) is 55.8 Å². The van der Waals surface area contributed by atoms with Gasteiger partial charge in [-0.05, 0) is 25.8 Å². The molecule has 0 heterocycles. The predicted molar refractivity (Wildman–Crippen MR) is 85.0 cm³/mol. The molecule has 0 bridgehead atoms. The molecule has 0 aliphatic heterocycles. The third-order valence-corrected chi connectivity index (χ3v) is 3.06. The zero-order valence-corrected chi connectivity index (χ0v) is 13.6. The van der Waals surface area contributed by atoms with Gasteiger partial charge in [0.1, 0.15) is 5.75 Å². The number of carbonyl (C=O) groups is 2. The quantitative estimate of drug-likeness (QED) is 0.691. The average molecular weight is 307 g/mol. The first-order valence-electron chi connectivity index (χ1n) is 7.82. The molecule has 1 aromatic carbocycles. The molecule has 1 rings (SSSR count). The molecule has 0 saturated heterocycles. The van der Waals surface area contributed by atoms with Crippen molar-refractivity contribution in [2.24, 2.45) is 0 Å². The predicted octanol–water partition coefficient (Wildman–Crippen LogP) is 3.41. The van der Waals surface area contributed by atoms with E-state index in [1.165, 1.54) is 0 Å². The summed E-state index contributed by atoms with van der Waals surface area (Å²) in [6.07, 6.45) is 1.47. The molecule has 0 aromatic heterocycles. The maximum absolute atomic E-state index is 12.2. The van der Waals surface area contributed by atoms with Crippen molar-refractivity contribution in [3.63, 3.8) is 0 Å². The Morgan fingerprint density at radius 3 is 2.27 bits per heavy atom. The zero-order valence-electron chi connectivity index (χ0n) is 13.6. The van der Waals surface area contributed by atoms with E-state index in [2.05, 4.69) is 0 Å². The summed E-state index contributed by atoms with van der Waals surface area (Å²) in [4.78, 5) is 25.5. The van der Waals surface area contributed by atoms with E-state index in [0.717, 1.165) is 12.8 Å². The van der Waals surface area contributed by atoms with Crippen molar-refractivity contribution in [1.29, 1.82) is 0 Å². The van der Waals surface area contributed by atoms with E-state index < -0.39 is 0 Å². The molecular formula is C17H25NO4. The van der Waals surface area contributed by atoms with Gasteiger partial charge in [-0.3, -0.25) is 4.79 Å². The molecule has 0 spiro atoms. The van der Waals surface area contributed by atoms with Gasteiger partial charge in [-0.15, -0.1) is 0 Å². The molecule has 0 aliphatic rings. The van der Waals surface area contributed by atoms with E-state index in [9.17, 15) is 9.59 Å². The highest BCUT2D eigenvalue weighted by molar-refractivity contribution is 5.75. The first kappa shape index (κ1) is 18.0. The Bertz CT molecular complexity index is 481. The minimum absolute atomic E-state index is 0.0961. The van der Waals surface area contributed by atoms with Crippen molar-refractivity contribution in [2.45, 2.75) is 40.0 Å². The van der Waals surface area contributed by atoms with Crippen LogP contribution in [0.5, 0.6) is 5.75 Å². The van der Waals surface area contributed by atoms with Gasteiger partial charge in [-0.25, -0.2) is 4.79 Å². The molecule has 0 unspecified atom stereocenters. The van der Waals surface area contributed by atoms with E-state index in [0.29, 0.717) is 31.0 Å². The maximum atomic E-state index is 12.2. The molecule has 0 atom stereocenters. The van der Waals surface area contributed by atoms with Crippen LogP contribution < -0.4 is 4.74 Å². The van der Waals surface area contributed by atoms with Crippen molar-refractivity contribution >= 4 is 12.1 Å². The van der Waals surface area contributed by atoms with Crippen molar-refractivity contribution in [2.75, 3.05) is 19.7 Å². The largest absolute Gasteiger partial charge is 0.466 e. The second-order valence-electron chi connectivity index (χ2n) is 4.94. The van der Waals surface area contributed by atoms with Crippen LogP contribution in [0.4, 0.5) is 4.79 Å². The SMILES string of the molecule is CCCN(CCC)C(=O)Oc1ccccc1CC(=O)OCC. The monoisotopic (exact) mass is 307 g/mol. The summed E-state index contributed by atoms with van der Waals surface area (Å²) in [5.74, 6) is 0.0859. The molecule has 1 amide bonds. The van der Waals surface area contributed by atoms with E-state index in [1.54, 1.807) is 30.0 Å². The summed E-state index contributed by atoms with van der Waals surface area (Å²) in [6.45, 7) is 7.45. The van der Waals surface area contributed by atoms with Crippen LogP contribution in [0.3, 0.4) is 0 Å². The highest BCUT2D eigenvalue weighted by Crippen LogP contribution is 2.20. The third-order valence-electron chi connectivity index (χ3n) is 3.06. The minimum atomic E-state index is -0.375. The van der Waals surface area contributed by atoms with Crippen molar-refractivity contribution in [3.05, 3.63) is 29.8 Å². The van der Waals surface area contributed by atoms with Crippen LogP contribution in [0.25, 0.3) is 0 Å². The van der Waals surface area contributed by atoms with Crippen molar-refractivity contribution in [3.8, 4) is 5.75 Å². The molecular weight excluding hydrogens is 282 g/mol. The molecule has 1 aromatic rings. The molecule has 5 nitrogen and oxygen atoms in total. The van der Waals surface area contributed by atoms with Crippen LogP contribution in [-0.4, -0.2) is 36.7 Å². The van der Waals surface area contributed by atoms with Gasteiger partial charge in [0.05, 0.1) is 13.0 Å². The second kappa shape index (κ2) is 9.82. The molecule has 0 aliphatic carbocycles. The van der Waals surface area contributed by atoms with E-state index in [-0.39, 0.29) is 18.5 Å². The number of hydrogen-bond donors (Lipinski definition) is 0. The number of para-hydroxylation sites is 1. The van der Waals surface area contributed by atoms with Crippen molar-refractivity contribution in [1.82, 2.24) is 4.90 Å². The summed E-state index contributed by atoms with van der Waals surface area (Å²) in [5, 5.41) is 0. The standard InChI is InChI=1S/C17H25NO4/c1-4-11-18(12-5-2)17(20)22-15-10-8-7-9-14(15)13-16(19)21-6-3/h7-10H,4-6,11-13H2,1-3H3. The molecule has 0 radical (unpaired) electrons. The van der Waals surface area contributed by atoms with Crippen LogP contribution in [0.15, 0.2) is 24.3 Å². The van der Waals surface area contributed by atoms with Gasteiger partial charge in [-0.1, -0.05) is 32.0 Å². The Morgan fingerprint density at radius 2 is 1.68 bits per heavy atom.